The largest absolute Gasteiger partial charge is 0.376 e. The van der Waals surface area contributed by atoms with Gasteiger partial charge in [-0.2, -0.15) is 0 Å². The highest BCUT2D eigenvalue weighted by molar-refractivity contribution is 7.80. The second-order valence-corrected chi connectivity index (χ2v) is 8.94. The summed E-state index contributed by atoms with van der Waals surface area (Å²) in [5.41, 5.74) is 5.30. The summed E-state index contributed by atoms with van der Waals surface area (Å²) in [6.07, 6.45) is 4.14. The Kier molecular flexibility index (Phi) is 5.69. The summed E-state index contributed by atoms with van der Waals surface area (Å²) in [7, 11) is 0. The first-order valence-corrected chi connectivity index (χ1v) is 11.5. The van der Waals surface area contributed by atoms with Crippen LogP contribution in [0.25, 0.3) is 5.69 Å². The minimum atomic E-state index is -0.236. The number of pyridine rings is 1. The number of nitrogens with zero attached hydrogens (tertiary/aromatic N) is 3. The van der Waals surface area contributed by atoms with E-state index in [1.165, 1.54) is 17.7 Å². The predicted molar refractivity (Wildman–Crippen MR) is 126 cm³/mol. The van der Waals surface area contributed by atoms with E-state index in [9.17, 15) is 4.39 Å². The Morgan fingerprint density at radius 3 is 2.69 bits per heavy atom. The summed E-state index contributed by atoms with van der Waals surface area (Å²) in [5, 5.41) is 4.26. The molecule has 0 amide bonds. The van der Waals surface area contributed by atoms with E-state index in [4.69, 9.17) is 17.0 Å². The SMILES string of the molecule is Cc1cc([C@@H]2[C@H](c3ccccn3)NC(=S)N2C[C@H]2CCCO2)c(C)n1-c1ccc(F)cc1. The van der Waals surface area contributed by atoms with Gasteiger partial charge in [0.2, 0.25) is 0 Å². The zero-order chi connectivity index (χ0) is 22.2. The molecule has 3 atom stereocenters. The molecule has 0 unspecified atom stereocenters. The number of ether oxygens (including phenoxy) is 1. The van der Waals surface area contributed by atoms with Gasteiger partial charge in [0.05, 0.1) is 23.9 Å². The normalized spacial score (nSPS) is 23.0. The van der Waals surface area contributed by atoms with Crippen molar-refractivity contribution < 1.29 is 9.13 Å². The lowest BCUT2D eigenvalue weighted by Crippen LogP contribution is -2.36. The van der Waals surface area contributed by atoms with Crippen LogP contribution in [0, 0.1) is 19.7 Å². The van der Waals surface area contributed by atoms with Gasteiger partial charge in [0, 0.05) is 36.4 Å². The van der Waals surface area contributed by atoms with Gasteiger partial charge < -0.3 is 19.5 Å². The van der Waals surface area contributed by atoms with Crippen molar-refractivity contribution in [2.24, 2.45) is 0 Å². The van der Waals surface area contributed by atoms with Crippen LogP contribution in [0.5, 0.6) is 0 Å². The molecule has 1 aromatic carbocycles. The first kappa shape index (κ1) is 21.1. The Balaban J connectivity index is 1.58. The van der Waals surface area contributed by atoms with Gasteiger partial charge in [0.15, 0.2) is 5.11 Å². The van der Waals surface area contributed by atoms with E-state index in [2.05, 4.69) is 39.7 Å². The van der Waals surface area contributed by atoms with Crippen LogP contribution >= 0.6 is 12.2 Å². The van der Waals surface area contributed by atoms with Crippen LogP contribution in [-0.2, 0) is 4.74 Å². The number of rotatable bonds is 5. The lowest BCUT2D eigenvalue weighted by molar-refractivity contribution is 0.0842. The van der Waals surface area contributed by atoms with Gasteiger partial charge in [-0.05, 0) is 86.9 Å². The molecule has 2 aromatic heterocycles. The molecule has 2 saturated heterocycles. The van der Waals surface area contributed by atoms with Crippen LogP contribution < -0.4 is 5.32 Å². The number of nitrogens with one attached hydrogen (secondary N) is 1. The van der Waals surface area contributed by atoms with Crippen molar-refractivity contribution >= 4 is 17.3 Å². The van der Waals surface area contributed by atoms with Gasteiger partial charge in [0.25, 0.3) is 0 Å². The highest BCUT2D eigenvalue weighted by Crippen LogP contribution is 2.41. The van der Waals surface area contributed by atoms with E-state index in [-0.39, 0.29) is 24.0 Å². The number of benzene rings is 1. The minimum Gasteiger partial charge on any atom is -0.376 e. The molecule has 2 fully saturated rings. The fourth-order valence-electron chi connectivity index (χ4n) is 5.02. The Morgan fingerprint density at radius 1 is 1.19 bits per heavy atom. The molecule has 0 aliphatic carbocycles. The van der Waals surface area contributed by atoms with Crippen molar-refractivity contribution in [3.8, 4) is 5.69 Å². The smallest absolute Gasteiger partial charge is 0.170 e. The van der Waals surface area contributed by atoms with Gasteiger partial charge in [-0.15, -0.1) is 0 Å². The van der Waals surface area contributed by atoms with Crippen LogP contribution in [-0.4, -0.2) is 38.8 Å². The van der Waals surface area contributed by atoms with Crippen molar-refractivity contribution in [1.82, 2.24) is 19.8 Å². The highest BCUT2D eigenvalue weighted by Gasteiger charge is 2.42. The Labute approximate surface area is 193 Å². The van der Waals surface area contributed by atoms with Crippen LogP contribution in [0.1, 0.15) is 47.6 Å². The van der Waals surface area contributed by atoms with Gasteiger partial charge in [-0.25, -0.2) is 4.39 Å². The molecule has 0 saturated carbocycles. The number of halogens is 1. The first-order valence-electron chi connectivity index (χ1n) is 11.1. The summed E-state index contributed by atoms with van der Waals surface area (Å²) in [4.78, 5) is 6.90. The van der Waals surface area contributed by atoms with E-state index in [1.54, 1.807) is 0 Å². The molecule has 3 aromatic rings. The number of hydrogen-bond donors (Lipinski definition) is 1. The van der Waals surface area contributed by atoms with E-state index in [0.29, 0.717) is 0 Å². The summed E-state index contributed by atoms with van der Waals surface area (Å²) in [6.45, 7) is 5.76. The summed E-state index contributed by atoms with van der Waals surface area (Å²) < 4.78 is 21.6. The monoisotopic (exact) mass is 450 g/mol. The molecule has 0 bridgehead atoms. The lowest BCUT2D eigenvalue weighted by Gasteiger charge is -2.30. The summed E-state index contributed by atoms with van der Waals surface area (Å²) in [5.74, 6) is -0.236. The average Bonchev–Trinajstić information content (AvgIpc) is 3.49. The Morgan fingerprint density at radius 2 is 2.00 bits per heavy atom. The predicted octanol–water partition coefficient (Wildman–Crippen LogP) is 4.78. The van der Waals surface area contributed by atoms with Crippen LogP contribution in [0.4, 0.5) is 4.39 Å². The fourth-order valence-corrected chi connectivity index (χ4v) is 5.34. The number of aryl methyl sites for hydroxylation is 1. The van der Waals surface area contributed by atoms with Gasteiger partial charge >= 0.3 is 0 Å². The third kappa shape index (κ3) is 3.80. The molecule has 1 N–H and O–H groups in total. The molecule has 4 heterocycles. The molecule has 5 rings (SSSR count). The third-order valence-corrected chi connectivity index (χ3v) is 6.85. The van der Waals surface area contributed by atoms with E-state index in [0.717, 1.165) is 53.9 Å². The Hall–Kier alpha value is -2.77. The van der Waals surface area contributed by atoms with Crippen molar-refractivity contribution in [3.63, 3.8) is 0 Å². The second-order valence-electron chi connectivity index (χ2n) is 8.55. The van der Waals surface area contributed by atoms with Gasteiger partial charge in [-0.1, -0.05) is 6.07 Å². The maximum Gasteiger partial charge on any atom is 0.170 e. The van der Waals surface area contributed by atoms with Crippen molar-refractivity contribution in [2.45, 2.75) is 44.9 Å². The molecular formula is C25H27FN4OS. The number of hydrogen-bond acceptors (Lipinski definition) is 3. The first-order chi connectivity index (χ1) is 15.5. The standard InChI is InChI=1S/C25H27FN4OS/c1-16-14-21(17(2)30(16)19-10-8-18(26)9-11-19)24-23(22-7-3-4-12-27-22)28-25(32)29(24)15-20-6-5-13-31-20/h3-4,7-12,14,20,23-24H,5-6,13,15H2,1-2H3,(H,28,32)/t20-,23+,24-/m1/s1. The van der Waals surface area contributed by atoms with Crippen LogP contribution in [0.2, 0.25) is 0 Å². The van der Waals surface area contributed by atoms with Crippen molar-refractivity contribution in [3.05, 3.63) is 83.2 Å². The van der Waals surface area contributed by atoms with Crippen molar-refractivity contribution in [2.75, 3.05) is 13.2 Å². The molecule has 2 aliphatic rings. The zero-order valence-electron chi connectivity index (χ0n) is 18.3. The Bertz CT molecular complexity index is 1110. The molecule has 2 aliphatic heterocycles. The maximum absolute atomic E-state index is 13.5. The molecule has 166 valence electrons. The maximum atomic E-state index is 13.5. The lowest BCUT2D eigenvalue weighted by atomic mass is 9.96. The van der Waals surface area contributed by atoms with E-state index < -0.39 is 0 Å². The molecule has 0 spiro atoms. The molecule has 32 heavy (non-hydrogen) atoms. The van der Waals surface area contributed by atoms with Crippen LogP contribution in [0.15, 0.2) is 54.7 Å². The number of thiocarbonyl (C=S) groups is 1. The molecule has 7 heteroatoms. The van der Waals surface area contributed by atoms with Gasteiger partial charge in [-0.3, -0.25) is 4.98 Å². The highest BCUT2D eigenvalue weighted by atomic mass is 32.1. The second kappa shape index (κ2) is 8.64. The molecular weight excluding hydrogens is 423 g/mol. The number of aromatic nitrogens is 2. The molecule has 5 nitrogen and oxygen atoms in total. The van der Waals surface area contributed by atoms with Crippen LogP contribution in [0.3, 0.4) is 0 Å². The average molecular weight is 451 g/mol. The van der Waals surface area contributed by atoms with Gasteiger partial charge in [0.1, 0.15) is 5.82 Å². The van der Waals surface area contributed by atoms with Crippen molar-refractivity contribution in [1.29, 1.82) is 0 Å². The quantitative estimate of drug-likeness (QED) is 0.567. The van der Waals surface area contributed by atoms with E-state index in [1.807, 2.05) is 36.5 Å². The zero-order valence-corrected chi connectivity index (χ0v) is 19.1. The fraction of sp³-hybridized carbons (Fsp3) is 0.360. The molecule has 0 radical (unpaired) electrons. The minimum absolute atomic E-state index is 0.0120. The summed E-state index contributed by atoms with van der Waals surface area (Å²) in [6, 6.07) is 14.8. The summed E-state index contributed by atoms with van der Waals surface area (Å²) >= 11 is 5.80. The van der Waals surface area contributed by atoms with E-state index >= 15 is 0 Å². The third-order valence-electron chi connectivity index (χ3n) is 6.50. The topological polar surface area (TPSA) is 42.3 Å².